The van der Waals surface area contributed by atoms with E-state index in [4.69, 9.17) is 0 Å². The molecule has 1 heterocycles. The minimum Gasteiger partial charge on any atom is -0.308 e. The average Bonchev–Trinajstić information content (AvgIpc) is 2.55. The first-order chi connectivity index (χ1) is 9.92. The molecule has 0 aromatic heterocycles. The van der Waals surface area contributed by atoms with Crippen molar-refractivity contribution >= 4 is 0 Å². The molecule has 1 aromatic rings. The summed E-state index contributed by atoms with van der Waals surface area (Å²) in [4.78, 5) is 2.67. The van der Waals surface area contributed by atoms with Gasteiger partial charge < -0.3 is 10.2 Å². The van der Waals surface area contributed by atoms with Crippen molar-refractivity contribution in [3.63, 3.8) is 0 Å². The molecular formula is C18H28N2. The Kier molecular flexibility index (Phi) is 5.10. The number of piperazine rings is 1. The molecule has 1 saturated carbocycles. The number of benzene rings is 1. The molecule has 1 atom stereocenters. The second-order valence-corrected chi connectivity index (χ2v) is 6.51. The van der Waals surface area contributed by atoms with Crippen molar-refractivity contribution in [1.29, 1.82) is 0 Å². The molecule has 2 fully saturated rings. The standard InChI is InChI=1S/C18H28N2/c1-3-7-16(8-4-1)11-13-20-14-12-19-18(15-20)17-9-5-2-6-10-17/h2,5-6,9-10,16,18-19H,1,3-4,7-8,11-15H2. The summed E-state index contributed by atoms with van der Waals surface area (Å²) in [6, 6.07) is 11.4. The molecule has 2 heteroatoms. The first-order valence-electron chi connectivity index (χ1n) is 8.42. The molecule has 1 N–H and O–H groups in total. The zero-order valence-electron chi connectivity index (χ0n) is 12.6. The zero-order valence-corrected chi connectivity index (χ0v) is 12.6. The Labute approximate surface area is 123 Å². The van der Waals surface area contributed by atoms with Gasteiger partial charge in [0.2, 0.25) is 0 Å². The smallest absolute Gasteiger partial charge is 0.0449 e. The van der Waals surface area contributed by atoms with Gasteiger partial charge in [0.25, 0.3) is 0 Å². The van der Waals surface area contributed by atoms with Crippen molar-refractivity contribution in [1.82, 2.24) is 10.2 Å². The minimum atomic E-state index is 0.524. The van der Waals surface area contributed by atoms with E-state index in [-0.39, 0.29) is 0 Å². The lowest BCUT2D eigenvalue weighted by Gasteiger charge is -2.35. The summed E-state index contributed by atoms with van der Waals surface area (Å²) < 4.78 is 0. The van der Waals surface area contributed by atoms with Gasteiger partial charge in [-0.2, -0.15) is 0 Å². The third-order valence-electron chi connectivity index (χ3n) is 5.04. The molecule has 1 unspecified atom stereocenters. The summed E-state index contributed by atoms with van der Waals surface area (Å²) >= 11 is 0. The highest BCUT2D eigenvalue weighted by molar-refractivity contribution is 5.19. The maximum Gasteiger partial charge on any atom is 0.0449 e. The topological polar surface area (TPSA) is 15.3 Å². The van der Waals surface area contributed by atoms with Crippen LogP contribution >= 0.6 is 0 Å². The molecule has 0 spiro atoms. The van der Waals surface area contributed by atoms with Crippen LogP contribution in [0.4, 0.5) is 0 Å². The molecule has 0 bridgehead atoms. The van der Waals surface area contributed by atoms with Crippen LogP contribution < -0.4 is 5.32 Å². The summed E-state index contributed by atoms with van der Waals surface area (Å²) in [6.07, 6.45) is 8.79. The summed E-state index contributed by atoms with van der Waals surface area (Å²) in [7, 11) is 0. The van der Waals surface area contributed by atoms with E-state index in [1.165, 1.54) is 63.7 Å². The van der Waals surface area contributed by atoms with Gasteiger partial charge in [-0.3, -0.25) is 0 Å². The number of nitrogens with one attached hydrogen (secondary N) is 1. The molecule has 0 amide bonds. The first kappa shape index (κ1) is 14.1. The van der Waals surface area contributed by atoms with Crippen molar-refractivity contribution in [2.24, 2.45) is 5.92 Å². The zero-order chi connectivity index (χ0) is 13.6. The molecule has 1 aliphatic carbocycles. The van der Waals surface area contributed by atoms with Crippen molar-refractivity contribution < 1.29 is 0 Å². The van der Waals surface area contributed by atoms with Gasteiger partial charge in [0, 0.05) is 25.7 Å². The Morgan fingerprint density at radius 3 is 2.65 bits per heavy atom. The SMILES string of the molecule is c1ccc(C2CN(CCC3CCCCC3)CCN2)cc1. The summed E-state index contributed by atoms with van der Waals surface area (Å²) in [6.45, 7) is 4.83. The van der Waals surface area contributed by atoms with Crippen LogP contribution in [-0.4, -0.2) is 31.1 Å². The summed E-state index contributed by atoms with van der Waals surface area (Å²) in [5.41, 5.74) is 1.44. The van der Waals surface area contributed by atoms with Crippen LogP contribution in [0.2, 0.25) is 0 Å². The van der Waals surface area contributed by atoms with Gasteiger partial charge in [-0.25, -0.2) is 0 Å². The van der Waals surface area contributed by atoms with Crippen molar-refractivity contribution in [2.75, 3.05) is 26.2 Å². The second-order valence-electron chi connectivity index (χ2n) is 6.51. The van der Waals surface area contributed by atoms with Gasteiger partial charge in [-0.15, -0.1) is 0 Å². The lowest BCUT2D eigenvalue weighted by atomic mass is 9.87. The third-order valence-corrected chi connectivity index (χ3v) is 5.04. The van der Waals surface area contributed by atoms with E-state index >= 15 is 0 Å². The van der Waals surface area contributed by atoms with E-state index < -0.39 is 0 Å². The van der Waals surface area contributed by atoms with Gasteiger partial charge in [0.15, 0.2) is 0 Å². The molecular weight excluding hydrogens is 244 g/mol. The van der Waals surface area contributed by atoms with Crippen LogP contribution in [0, 0.1) is 5.92 Å². The fourth-order valence-electron chi connectivity index (χ4n) is 3.76. The monoisotopic (exact) mass is 272 g/mol. The van der Waals surface area contributed by atoms with E-state index in [1.54, 1.807) is 0 Å². The van der Waals surface area contributed by atoms with Crippen LogP contribution in [0.25, 0.3) is 0 Å². The fraction of sp³-hybridized carbons (Fsp3) is 0.667. The van der Waals surface area contributed by atoms with Gasteiger partial charge in [0.05, 0.1) is 0 Å². The predicted molar refractivity (Wildman–Crippen MR) is 84.8 cm³/mol. The van der Waals surface area contributed by atoms with Gasteiger partial charge in [0.1, 0.15) is 0 Å². The largest absolute Gasteiger partial charge is 0.308 e. The van der Waals surface area contributed by atoms with Crippen LogP contribution in [0.5, 0.6) is 0 Å². The highest BCUT2D eigenvalue weighted by Gasteiger charge is 2.21. The normalized spacial score (nSPS) is 25.7. The Balaban J connectivity index is 1.48. The molecule has 2 nitrogen and oxygen atoms in total. The molecule has 3 rings (SSSR count). The van der Waals surface area contributed by atoms with Crippen LogP contribution in [-0.2, 0) is 0 Å². The fourth-order valence-corrected chi connectivity index (χ4v) is 3.76. The Morgan fingerprint density at radius 1 is 1.05 bits per heavy atom. The second kappa shape index (κ2) is 7.24. The highest BCUT2D eigenvalue weighted by Crippen LogP contribution is 2.27. The number of hydrogen-bond donors (Lipinski definition) is 1. The van der Waals surface area contributed by atoms with E-state index in [2.05, 4.69) is 40.5 Å². The van der Waals surface area contributed by atoms with Gasteiger partial charge >= 0.3 is 0 Å². The van der Waals surface area contributed by atoms with Crippen LogP contribution in [0.3, 0.4) is 0 Å². The van der Waals surface area contributed by atoms with E-state index in [1.807, 2.05) is 0 Å². The average molecular weight is 272 g/mol. The number of rotatable bonds is 4. The Hall–Kier alpha value is -0.860. The van der Waals surface area contributed by atoms with Gasteiger partial charge in [-0.1, -0.05) is 62.4 Å². The van der Waals surface area contributed by atoms with E-state index in [0.29, 0.717) is 6.04 Å². The highest BCUT2D eigenvalue weighted by atomic mass is 15.2. The number of nitrogens with zero attached hydrogens (tertiary/aromatic N) is 1. The lowest BCUT2D eigenvalue weighted by molar-refractivity contribution is 0.180. The third kappa shape index (κ3) is 3.83. The maximum absolute atomic E-state index is 3.66. The molecule has 110 valence electrons. The Bertz CT molecular complexity index is 384. The predicted octanol–water partition coefficient (Wildman–Crippen LogP) is 3.60. The lowest BCUT2D eigenvalue weighted by Crippen LogP contribution is -2.46. The molecule has 1 aliphatic heterocycles. The molecule has 2 aliphatic rings. The van der Waals surface area contributed by atoms with Crippen molar-refractivity contribution in [2.45, 2.75) is 44.6 Å². The van der Waals surface area contributed by atoms with Crippen LogP contribution in [0.15, 0.2) is 30.3 Å². The quantitative estimate of drug-likeness (QED) is 0.901. The molecule has 1 saturated heterocycles. The van der Waals surface area contributed by atoms with Gasteiger partial charge in [-0.05, 0) is 24.4 Å². The Morgan fingerprint density at radius 2 is 1.85 bits per heavy atom. The number of hydrogen-bond acceptors (Lipinski definition) is 2. The first-order valence-corrected chi connectivity index (χ1v) is 8.42. The minimum absolute atomic E-state index is 0.524. The van der Waals surface area contributed by atoms with Crippen LogP contribution in [0.1, 0.15) is 50.1 Å². The summed E-state index contributed by atoms with van der Waals surface area (Å²) in [5, 5.41) is 3.66. The molecule has 0 radical (unpaired) electrons. The van der Waals surface area contributed by atoms with E-state index in [9.17, 15) is 0 Å². The molecule has 1 aromatic carbocycles. The maximum atomic E-state index is 3.66. The van der Waals surface area contributed by atoms with Crippen molar-refractivity contribution in [3.8, 4) is 0 Å². The molecule has 20 heavy (non-hydrogen) atoms. The summed E-state index contributed by atoms with van der Waals surface area (Å²) in [5.74, 6) is 1.01. The van der Waals surface area contributed by atoms with E-state index in [0.717, 1.165) is 12.5 Å². The van der Waals surface area contributed by atoms with Crippen molar-refractivity contribution in [3.05, 3.63) is 35.9 Å².